The van der Waals surface area contributed by atoms with Crippen molar-refractivity contribution in [2.75, 3.05) is 32.5 Å². The Labute approximate surface area is 95.7 Å². The molecule has 0 saturated carbocycles. The fourth-order valence-corrected chi connectivity index (χ4v) is 1.64. The minimum Gasteiger partial charge on any atom is -0.356 e. The van der Waals surface area contributed by atoms with Crippen LogP contribution in [0, 0.1) is 0 Å². The lowest BCUT2D eigenvalue weighted by molar-refractivity contribution is 0.405. The zero-order valence-corrected chi connectivity index (χ0v) is 9.83. The maximum atomic E-state index is 4.45. The lowest BCUT2D eigenvalue weighted by Crippen LogP contribution is -2.16. The third-order valence-electron chi connectivity index (χ3n) is 2.46. The van der Waals surface area contributed by atoms with Crippen LogP contribution in [0.15, 0.2) is 24.3 Å². The molecule has 2 aromatic rings. The molecule has 2 N–H and O–H groups in total. The molecule has 0 unspecified atom stereocenters. The van der Waals surface area contributed by atoms with E-state index in [1.165, 1.54) is 0 Å². The summed E-state index contributed by atoms with van der Waals surface area (Å²) >= 11 is 0. The summed E-state index contributed by atoms with van der Waals surface area (Å²) in [5, 5.41) is 3.30. The van der Waals surface area contributed by atoms with Crippen LogP contribution < -0.4 is 5.32 Å². The molecule has 1 aromatic carbocycles. The summed E-state index contributed by atoms with van der Waals surface area (Å²) in [5.41, 5.74) is 2.09. The number of anilines is 1. The van der Waals surface area contributed by atoms with E-state index >= 15 is 0 Å². The van der Waals surface area contributed by atoms with Gasteiger partial charge in [-0.3, -0.25) is 0 Å². The van der Waals surface area contributed by atoms with Crippen LogP contribution in [0.3, 0.4) is 0 Å². The first kappa shape index (κ1) is 11.0. The number of hydrogen-bond donors (Lipinski definition) is 2. The lowest BCUT2D eigenvalue weighted by atomic mass is 10.3. The Bertz CT molecular complexity index is 414. The van der Waals surface area contributed by atoms with Gasteiger partial charge in [-0.1, -0.05) is 12.1 Å². The molecule has 2 rings (SSSR count). The van der Waals surface area contributed by atoms with Crippen LogP contribution in [-0.2, 0) is 0 Å². The van der Waals surface area contributed by atoms with Crippen molar-refractivity contribution in [3.05, 3.63) is 24.3 Å². The number of aromatic amines is 1. The van der Waals surface area contributed by atoms with Crippen molar-refractivity contribution < 1.29 is 0 Å². The molecule has 0 amide bonds. The molecule has 0 atom stereocenters. The van der Waals surface area contributed by atoms with E-state index in [4.69, 9.17) is 0 Å². The van der Waals surface area contributed by atoms with Crippen molar-refractivity contribution in [1.29, 1.82) is 0 Å². The highest BCUT2D eigenvalue weighted by Gasteiger charge is 2.00. The number of fused-ring (bicyclic) bond motifs is 1. The first-order valence-electron chi connectivity index (χ1n) is 5.59. The fraction of sp³-hybridized carbons (Fsp3) is 0.417. The zero-order valence-electron chi connectivity index (χ0n) is 9.83. The van der Waals surface area contributed by atoms with Crippen LogP contribution in [0.4, 0.5) is 5.95 Å². The maximum Gasteiger partial charge on any atom is 0.201 e. The molecule has 1 heterocycles. The molecule has 0 aliphatic carbocycles. The number of para-hydroxylation sites is 2. The minimum atomic E-state index is 0.861. The molecular formula is C12H18N4. The number of nitrogens with zero attached hydrogens (tertiary/aromatic N) is 2. The van der Waals surface area contributed by atoms with Gasteiger partial charge in [0, 0.05) is 6.54 Å². The summed E-state index contributed by atoms with van der Waals surface area (Å²) in [6, 6.07) is 8.06. The summed E-state index contributed by atoms with van der Waals surface area (Å²) in [4.78, 5) is 9.88. The van der Waals surface area contributed by atoms with Crippen molar-refractivity contribution in [2.24, 2.45) is 0 Å². The Morgan fingerprint density at radius 3 is 2.88 bits per heavy atom. The summed E-state index contributed by atoms with van der Waals surface area (Å²) in [6.07, 6.45) is 1.12. The van der Waals surface area contributed by atoms with Crippen LogP contribution in [-0.4, -0.2) is 42.1 Å². The molecule has 16 heavy (non-hydrogen) atoms. The van der Waals surface area contributed by atoms with Crippen molar-refractivity contribution in [1.82, 2.24) is 14.9 Å². The molecule has 0 aliphatic rings. The molecule has 0 aliphatic heterocycles. The molecule has 0 fully saturated rings. The number of nitrogens with one attached hydrogen (secondary N) is 2. The highest BCUT2D eigenvalue weighted by atomic mass is 15.1. The first-order chi connectivity index (χ1) is 7.75. The van der Waals surface area contributed by atoms with E-state index in [1.807, 2.05) is 24.3 Å². The number of imidazole rings is 1. The first-order valence-corrected chi connectivity index (χ1v) is 5.59. The SMILES string of the molecule is CN(C)CCCNc1nc2ccccc2[nH]1. The Morgan fingerprint density at radius 2 is 2.12 bits per heavy atom. The molecule has 0 bridgehead atoms. The minimum absolute atomic E-state index is 0.861. The molecule has 0 radical (unpaired) electrons. The number of H-pyrrole nitrogens is 1. The predicted molar refractivity (Wildman–Crippen MR) is 67.8 cm³/mol. The van der Waals surface area contributed by atoms with Gasteiger partial charge in [-0.15, -0.1) is 0 Å². The Hall–Kier alpha value is -1.55. The topological polar surface area (TPSA) is 44.0 Å². The van der Waals surface area contributed by atoms with E-state index in [0.717, 1.165) is 36.5 Å². The van der Waals surface area contributed by atoms with Crippen molar-refractivity contribution in [3.63, 3.8) is 0 Å². The van der Waals surface area contributed by atoms with Gasteiger partial charge in [0.05, 0.1) is 11.0 Å². The monoisotopic (exact) mass is 218 g/mol. The maximum absolute atomic E-state index is 4.45. The van der Waals surface area contributed by atoms with Crippen LogP contribution >= 0.6 is 0 Å². The lowest BCUT2D eigenvalue weighted by Gasteiger charge is -2.08. The van der Waals surface area contributed by atoms with Gasteiger partial charge in [-0.2, -0.15) is 0 Å². The van der Waals surface area contributed by atoms with Gasteiger partial charge in [0.2, 0.25) is 5.95 Å². The van der Waals surface area contributed by atoms with Crippen LogP contribution in [0.5, 0.6) is 0 Å². The Balaban J connectivity index is 1.89. The van der Waals surface area contributed by atoms with E-state index in [1.54, 1.807) is 0 Å². The standard InChI is InChI=1S/C12H18N4/c1-16(2)9-5-8-13-12-14-10-6-3-4-7-11(10)15-12/h3-4,6-7H,5,8-9H2,1-2H3,(H2,13,14,15). The quantitative estimate of drug-likeness (QED) is 0.754. The second-order valence-corrected chi connectivity index (χ2v) is 4.19. The summed E-state index contributed by atoms with van der Waals surface area (Å²) in [5.74, 6) is 0.861. The highest BCUT2D eigenvalue weighted by Crippen LogP contribution is 2.12. The van der Waals surface area contributed by atoms with E-state index in [0.29, 0.717) is 0 Å². The van der Waals surface area contributed by atoms with Crippen LogP contribution in [0.25, 0.3) is 11.0 Å². The van der Waals surface area contributed by atoms with Crippen LogP contribution in [0.1, 0.15) is 6.42 Å². The van der Waals surface area contributed by atoms with E-state index in [-0.39, 0.29) is 0 Å². The molecule has 1 aromatic heterocycles. The van der Waals surface area contributed by atoms with Gasteiger partial charge in [-0.25, -0.2) is 4.98 Å². The van der Waals surface area contributed by atoms with Gasteiger partial charge in [0.1, 0.15) is 0 Å². The van der Waals surface area contributed by atoms with Crippen molar-refractivity contribution in [3.8, 4) is 0 Å². The number of rotatable bonds is 5. The third-order valence-corrected chi connectivity index (χ3v) is 2.46. The van der Waals surface area contributed by atoms with Gasteiger partial charge in [0.15, 0.2) is 0 Å². The number of aromatic nitrogens is 2. The zero-order chi connectivity index (χ0) is 11.4. The second kappa shape index (κ2) is 4.99. The highest BCUT2D eigenvalue weighted by molar-refractivity contribution is 5.77. The summed E-state index contributed by atoms with van der Waals surface area (Å²) in [7, 11) is 4.17. The molecular weight excluding hydrogens is 200 g/mol. The molecule has 86 valence electrons. The van der Waals surface area contributed by atoms with E-state index in [2.05, 4.69) is 34.3 Å². The largest absolute Gasteiger partial charge is 0.356 e. The number of hydrogen-bond acceptors (Lipinski definition) is 3. The fourth-order valence-electron chi connectivity index (χ4n) is 1.64. The van der Waals surface area contributed by atoms with E-state index in [9.17, 15) is 0 Å². The average Bonchev–Trinajstić information content (AvgIpc) is 2.66. The predicted octanol–water partition coefficient (Wildman–Crippen LogP) is 1.93. The van der Waals surface area contributed by atoms with Gasteiger partial charge in [0.25, 0.3) is 0 Å². The average molecular weight is 218 g/mol. The van der Waals surface area contributed by atoms with Gasteiger partial charge < -0.3 is 15.2 Å². The Morgan fingerprint density at radius 1 is 1.31 bits per heavy atom. The Kier molecular flexibility index (Phi) is 3.41. The summed E-state index contributed by atoms with van der Waals surface area (Å²) < 4.78 is 0. The third kappa shape index (κ3) is 2.73. The van der Waals surface area contributed by atoms with Gasteiger partial charge >= 0.3 is 0 Å². The van der Waals surface area contributed by atoms with Crippen molar-refractivity contribution >= 4 is 17.0 Å². The smallest absolute Gasteiger partial charge is 0.201 e. The van der Waals surface area contributed by atoms with E-state index < -0.39 is 0 Å². The van der Waals surface area contributed by atoms with Crippen LogP contribution in [0.2, 0.25) is 0 Å². The normalized spacial score (nSPS) is 11.2. The molecule has 4 heteroatoms. The molecule has 0 spiro atoms. The summed E-state index contributed by atoms with van der Waals surface area (Å²) in [6.45, 7) is 2.03. The van der Waals surface area contributed by atoms with Gasteiger partial charge in [-0.05, 0) is 39.2 Å². The number of benzene rings is 1. The molecule has 0 saturated heterocycles. The second-order valence-electron chi connectivity index (χ2n) is 4.19. The molecule has 4 nitrogen and oxygen atoms in total. The van der Waals surface area contributed by atoms with Crippen molar-refractivity contribution in [2.45, 2.75) is 6.42 Å².